The maximum absolute atomic E-state index is 11.9. The molecule has 0 aliphatic heterocycles. The molecule has 0 amide bonds. The van der Waals surface area contributed by atoms with Crippen LogP contribution in [0.5, 0.6) is 0 Å². The molecule has 1 heterocycles. The highest BCUT2D eigenvalue weighted by molar-refractivity contribution is 6.31. The van der Waals surface area contributed by atoms with Crippen molar-refractivity contribution in [2.75, 3.05) is 0 Å². The van der Waals surface area contributed by atoms with E-state index in [2.05, 4.69) is 4.98 Å². The number of rotatable bonds is 1. The van der Waals surface area contributed by atoms with Crippen LogP contribution in [0, 0.1) is 10.1 Å². The fraction of sp³-hybridized carbons (Fsp3) is 0. The summed E-state index contributed by atoms with van der Waals surface area (Å²) in [7, 11) is 0. The predicted octanol–water partition coefficient (Wildman–Crippen LogP) is 3.24. The van der Waals surface area contributed by atoms with Gasteiger partial charge in [0.2, 0.25) is 0 Å². The number of pyridine rings is 1. The van der Waals surface area contributed by atoms with Gasteiger partial charge in [0.15, 0.2) is 0 Å². The normalized spacial score (nSPS) is 11.0. The van der Waals surface area contributed by atoms with E-state index in [-0.39, 0.29) is 11.2 Å². The van der Waals surface area contributed by atoms with Crippen molar-refractivity contribution in [3.8, 4) is 0 Å². The Kier molecular flexibility index (Phi) is 2.50. The molecule has 0 saturated heterocycles. The smallest absolute Gasteiger partial charge is 0.271 e. The third-order valence-corrected chi connectivity index (χ3v) is 3.21. The maximum Gasteiger partial charge on any atom is 0.271 e. The van der Waals surface area contributed by atoms with Crippen LogP contribution < -0.4 is 5.56 Å². The molecule has 0 saturated carbocycles. The van der Waals surface area contributed by atoms with E-state index >= 15 is 0 Å². The van der Waals surface area contributed by atoms with Gasteiger partial charge in [0.1, 0.15) is 0 Å². The summed E-state index contributed by atoms with van der Waals surface area (Å²) >= 11 is 5.93. The third-order valence-electron chi connectivity index (χ3n) is 2.98. The van der Waals surface area contributed by atoms with Crippen molar-refractivity contribution >= 4 is 39.0 Å². The Balaban J connectivity index is 2.50. The lowest BCUT2D eigenvalue weighted by Gasteiger charge is -2.04. The average molecular weight is 275 g/mol. The van der Waals surface area contributed by atoms with Gasteiger partial charge in [0.05, 0.1) is 10.4 Å². The SMILES string of the molecule is O=c1[nH]c2cc([N+](=O)[O-])ccc2c2cc(Cl)ccc12. The molecule has 2 aromatic carbocycles. The van der Waals surface area contributed by atoms with Gasteiger partial charge >= 0.3 is 0 Å². The van der Waals surface area contributed by atoms with Crippen molar-refractivity contribution in [3.63, 3.8) is 0 Å². The van der Waals surface area contributed by atoms with Gasteiger partial charge in [-0.05, 0) is 29.7 Å². The minimum atomic E-state index is -0.500. The average Bonchev–Trinajstić information content (AvgIpc) is 2.37. The number of fused-ring (bicyclic) bond motifs is 3. The quantitative estimate of drug-likeness (QED) is 0.420. The fourth-order valence-electron chi connectivity index (χ4n) is 2.11. The van der Waals surface area contributed by atoms with E-state index in [1.54, 1.807) is 24.3 Å². The van der Waals surface area contributed by atoms with E-state index in [1.807, 2.05) is 0 Å². The van der Waals surface area contributed by atoms with Crippen LogP contribution in [-0.2, 0) is 0 Å². The molecule has 0 aliphatic carbocycles. The Morgan fingerprint density at radius 2 is 1.79 bits per heavy atom. The zero-order chi connectivity index (χ0) is 13.6. The van der Waals surface area contributed by atoms with Crippen LogP contribution >= 0.6 is 11.6 Å². The van der Waals surface area contributed by atoms with Gasteiger partial charge in [-0.3, -0.25) is 14.9 Å². The molecule has 0 spiro atoms. The maximum atomic E-state index is 11.9. The first-order valence-electron chi connectivity index (χ1n) is 5.46. The molecule has 0 aliphatic rings. The van der Waals surface area contributed by atoms with Crippen LogP contribution in [0.1, 0.15) is 0 Å². The van der Waals surface area contributed by atoms with Crippen LogP contribution in [0.3, 0.4) is 0 Å². The fourth-order valence-corrected chi connectivity index (χ4v) is 2.28. The summed E-state index contributed by atoms with van der Waals surface area (Å²) < 4.78 is 0. The lowest BCUT2D eigenvalue weighted by atomic mass is 10.1. The topological polar surface area (TPSA) is 76.0 Å². The molecule has 1 N–H and O–H groups in total. The first kappa shape index (κ1) is 11.7. The number of hydrogen-bond acceptors (Lipinski definition) is 3. The second-order valence-corrected chi connectivity index (χ2v) is 4.57. The largest absolute Gasteiger partial charge is 0.321 e. The first-order chi connectivity index (χ1) is 9.06. The number of nitro groups is 1. The molecule has 6 heteroatoms. The van der Waals surface area contributed by atoms with Gasteiger partial charge in [-0.1, -0.05) is 11.6 Å². The minimum Gasteiger partial charge on any atom is -0.321 e. The molecule has 0 radical (unpaired) electrons. The molecule has 94 valence electrons. The lowest BCUT2D eigenvalue weighted by molar-refractivity contribution is -0.384. The van der Waals surface area contributed by atoms with E-state index in [4.69, 9.17) is 11.6 Å². The van der Waals surface area contributed by atoms with E-state index in [0.717, 1.165) is 5.39 Å². The summed E-state index contributed by atoms with van der Waals surface area (Å²) in [6.07, 6.45) is 0. The number of aromatic nitrogens is 1. The molecule has 19 heavy (non-hydrogen) atoms. The third kappa shape index (κ3) is 1.84. The molecule has 0 atom stereocenters. The highest BCUT2D eigenvalue weighted by atomic mass is 35.5. The van der Waals surface area contributed by atoms with Crippen LogP contribution in [-0.4, -0.2) is 9.91 Å². The van der Waals surface area contributed by atoms with Crippen molar-refractivity contribution in [2.24, 2.45) is 0 Å². The van der Waals surface area contributed by atoms with Crippen molar-refractivity contribution in [1.29, 1.82) is 0 Å². The van der Waals surface area contributed by atoms with E-state index in [9.17, 15) is 14.9 Å². The highest BCUT2D eigenvalue weighted by Gasteiger charge is 2.10. The second kappa shape index (κ2) is 4.07. The Hall–Kier alpha value is -2.40. The van der Waals surface area contributed by atoms with Gasteiger partial charge in [-0.15, -0.1) is 0 Å². The van der Waals surface area contributed by atoms with Gasteiger partial charge < -0.3 is 4.98 Å². The Bertz CT molecular complexity index is 886. The molecule has 0 unspecified atom stereocenters. The summed E-state index contributed by atoms with van der Waals surface area (Å²) in [4.78, 5) is 24.8. The number of benzene rings is 2. The summed E-state index contributed by atoms with van der Waals surface area (Å²) in [6.45, 7) is 0. The van der Waals surface area contributed by atoms with Gasteiger partial charge in [-0.2, -0.15) is 0 Å². The molecule has 3 aromatic rings. The van der Waals surface area contributed by atoms with Crippen molar-refractivity contribution in [2.45, 2.75) is 0 Å². The van der Waals surface area contributed by atoms with Crippen LogP contribution in [0.2, 0.25) is 5.02 Å². The number of nitrogens with zero attached hydrogens (tertiary/aromatic N) is 1. The molecule has 0 bridgehead atoms. The number of H-pyrrole nitrogens is 1. The monoisotopic (exact) mass is 274 g/mol. The molecule has 3 rings (SSSR count). The number of non-ortho nitro benzene ring substituents is 1. The van der Waals surface area contributed by atoms with Crippen molar-refractivity contribution in [3.05, 3.63) is 61.9 Å². The zero-order valence-electron chi connectivity index (χ0n) is 9.51. The van der Waals surface area contributed by atoms with E-state index < -0.39 is 4.92 Å². The summed E-state index contributed by atoms with van der Waals surface area (Å²) in [5.41, 5.74) is 0.0677. The highest BCUT2D eigenvalue weighted by Crippen LogP contribution is 2.26. The Morgan fingerprint density at radius 3 is 2.53 bits per heavy atom. The van der Waals surface area contributed by atoms with Gasteiger partial charge in [0, 0.05) is 27.9 Å². The predicted molar refractivity (Wildman–Crippen MR) is 73.7 cm³/mol. The number of halogens is 1. The zero-order valence-corrected chi connectivity index (χ0v) is 10.3. The lowest BCUT2D eigenvalue weighted by Crippen LogP contribution is -2.06. The molecule has 5 nitrogen and oxygen atoms in total. The van der Waals surface area contributed by atoms with E-state index in [1.165, 1.54) is 12.1 Å². The molecule has 1 aromatic heterocycles. The summed E-state index contributed by atoms with van der Waals surface area (Å²) in [6, 6.07) is 9.31. The molecule has 0 fully saturated rings. The number of nitro benzene ring substituents is 1. The Morgan fingerprint density at radius 1 is 1.05 bits per heavy atom. The minimum absolute atomic E-state index is 0.0653. The summed E-state index contributed by atoms with van der Waals surface area (Å²) in [5.74, 6) is 0. The van der Waals surface area contributed by atoms with Crippen LogP contribution in [0.15, 0.2) is 41.2 Å². The van der Waals surface area contributed by atoms with Crippen LogP contribution in [0.25, 0.3) is 21.7 Å². The van der Waals surface area contributed by atoms with Crippen molar-refractivity contribution < 1.29 is 4.92 Å². The number of hydrogen-bond donors (Lipinski definition) is 1. The molecular formula is C13H7ClN2O3. The second-order valence-electron chi connectivity index (χ2n) is 4.13. The van der Waals surface area contributed by atoms with Gasteiger partial charge in [0.25, 0.3) is 11.2 Å². The number of aromatic amines is 1. The molecular weight excluding hydrogens is 268 g/mol. The van der Waals surface area contributed by atoms with Crippen molar-refractivity contribution in [1.82, 2.24) is 4.98 Å². The number of nitrogens with one attached hydrogen (secondary N) is 1. The summed E-state index contributed by atoms with van der Waals surface area (Å²) in [5, 5.41) is 13.2. The van der Waals surface area contributed by atoms with Crippen LogP contribution in [0.4, 0.5) is 5.69 Å². The standard InChI is InChI=1S/C13H7ClN2O3/c14-7-1-3-10-11(5-7)9-4-2-8(16(18)19)6-12(9)15-13(10)17/h1-6H,(H,15,17). The van der Waals surface area contributed by atoms with E-state index in [0.29, 0.717) is 21.3 Å². The van der Waals surface area contributed by atoms with Gasteiger partial charge in [-0.25, -0.2) is 0 Å². The Labute approximate surface area is 111 Å². The first-order valence-corrected chi connectivity index (χ1v) is 5.84.